The van der Waals surface area contributed by atoms with Crippen LogP contribution in [-0.4, -0.2) is 30.4 Å². The monoisotopic (exact) mass is 337 g/mol. The van der Waals surface area contributed by atoms with Gasteiger partial charge in [0, 0.05) is 30.9 Å². The summed E-state index contributed by atoms with van der Waals surface area (Å²) in [6.45, 7) is 8.14. The van der Waals surface area contributed by atoms with Crippen LogP contribution in [0.15, 0.2) is 42.5 Å². The number of carbonyl (C=O) groups is 1. The summed E-state index contributed by atoms with van der Waals surface area (Å²) in [5.74, 6) is 0.469. The van der Waals surface area contributed by atoms with Gasteiger partial charge in [-0.3, -0.25) is 9.69 Å². The second kappa shape index (κ2) is 7.70. The number of benzene rings is 2. The van der Waals surface area contributed by atoms with E-state index in [-0.39, 0.29) is 5.91 Å². The Morgan fingerprint density at radius 1 is 1.20 bits per heavy atom. The van der Waals surface area contributed by atoms with E-state index in [1.165, 1.54) is 16.7 Å². The lowest BCUT2D eigenvalue weighted by Crippen LogP contribution is -2.31. The maximum absolute atomic E-state index is 12.2. The minimum atomic E-state index is -0.0418. The molecule has 0 bridgehead atoms. The molecule has 1 atom stereocenters. The van der Waals surface area contributed by atoms with Crippen LogP contribution >= 0.6 is 0 Å². The largest absolute Gasteiger partial charge is 0.399 e. The van der Waals surface area contributed by atoms with E-state index in [1.54, 1.807) is 18.2 Å². The van der Waals surface area contributed by atoms with Crippen LogP contribution in [0.25, 0.3) is 0 Å². The number of aryl methyl sites for hydroxylation is 2. The molecule has 132 valence electrons. The van der Waals surface area contributed by atoms with Gasteiger partial charge in [0.2, 0.25) is 0 Å². The van der Waals surface area contributed by atoms with E-state index in [0.717, 1.165) is 32.6 Å². The van der Waals surface area contributed by atoms with Gasteiger partial charge in [-0.1, -0.05) is 24.3 Å². The summed E-state index contributed by atoms with van der Waals surface area (Å²) < 4.78 is 0. The number of carbonyl (C=O) groups excluding carboxylic acids is 1. The SMILES string of the molecule is Cc1ccc(CN2CC[C@@H](CNC(=O)c3cccc(N)c3)C2)cc1C. The first-order chi connectivity index (χ1) is 12.0. The molecule has 3 N–H and O–H groups in total. The van der Waals surface area contributed by atoms with Crippen molar-refractivity contribution in [3.8, 4) is 0 Å². The third kappa shape index (κ3) is 4.60. The van der Waals surface area contributed by atoms with Gasteiger partial charge in [0.25, 0.3) is 5.91 Å². The predicted molar refractivity (Wildman–Crippen MR) is 102 cm³/mol. The van der Waals surface area contributed by atoms with Crippen LogP contribution in [0.5, 0.6) is 0 Å². The van der Waals surface area contributed by atoms with Crippen molar-refractivity contribution in [3.05, 3.63) is 64.7 Å². The van der Waals surface area contributed by atoms with Crippen LogP contribution in [0.3, 0.4) is 0 Å². The molecule has 1 fully saturated rings. The van der Waals surface area contributed by atoms with Gasteiger partial charge in [-0.15, -0.1) is 0 Å². The molecule has 0 aliphatic carbocycles. The zero-order valence-corrected chi connectivity index (χ0v) is 15.1. The molecular weight excluding hydrogens is 310 g/mol. The number of hydrogen-bond donors (Lipinski definition) is 2. The Labute approximate surface area is 150 Å². The molecule has 1 aliphatic rings. The highest BCUT2D eigenvalue weighted by Crippen LogP contribution is 2.19. The topological polar surface area (TPSA) is 58.4 Å². The van der Waals surface area contributed by atoms with Crippen LogP contribution < -0.4 is 11.1 Å². The summed E-state index contributed by atoms with van der Waals surface area (Å²) in [6.07, 6.45) is 1.13. The number of nitrogens with zero attached hydrogens (tertiary/aromatic N) is 1. The van der Waals surface area contributed by atoms with Crippen molar-refractivity contribution < 1.29 is 4.79 Å². The first-order valence-electron chi connectivity index (χ1n) is 8.93. The highest BCUT2D eigenvalue weighted by molar-refractivity contribution is 5.94. The van der Waals surface area contributed by atoms with Gasteiger partial charge in [-0.05, 0) is 67.6 Å². The van der Waals surface area contributed by atoms with Crippen molar-refractivity contribution in [3.63, 3.8) is 0 Å². The van der Waals surface area contributed by atoms with Gasteiger partial charge < -0.3 is 11.1 Å². The molecule has 1 aliphatic heterocycles. The molecule has 4 nitrogen and oxygen atoms in total. The number of rotatable bonds is 5. The van der Waals surface area contributed by atoms with Gasteiger partial charge >= 0.3 is 0 Å². The van der Waals surface area contributed by atoms with E-state index < -0.39 is 0 Å². The second-order valence-corrected chi connectivity index (χ2v) is 7.14. The molecule has 2 aromatic carbocycles. The first-order valence-corrected chi connectivity index (χ1v) is 8.93. The van der Waals surface area contributed by atoms with Crippen molar-refractivity contribution in [1.82, 2.24) is 10.2 Å². The molecule has 0 spiro atoms. The third-order valence-electron chi connectivity index (χ3n) is 5.05. The number of amides is 1. The van der Waals surface area contributed by atoms with Crippen LogP contribution in [0.1, 0.15) is 33.5 Å². The maximum atomic E-state index is 12.2. The van der Waals surface area contributed by atoms with E-state index in [1.807, 2.05) is 6.07 Å². The quantitative estimate of drug-likeness (QED) is 0.824. The van der Waals surface area contributed by atoms with E-state index in [4.69, 9.17) is 5.73 Å². The molecule has 4 heteroatoms. The first kappa shape index (κ1) is 17.5. The zero-order valence-electron chi connectivity index (χ0n) is 15.1. The van der Waals surface area contributed by atoms with Crippen LogP contribution in [-0.2, 0) is 6.54 Å². The molecule has 0 aromatic heterocycles. The second-order valence-electron chi connectivity index (χ2n) is 7.14. The summed E-state index contributed by atoms with van der Waals surface area (Å²) >= 11 is 0. The van der Waals surface area contributed by atoms with Crippen LogP contribution in [0, 0.1) is 19.8 Å². The molecule has 0 saturated carbocycles. The highest BCUT2D eigenvalue weighted by Gasteiger charge is 2.23. The normalized spacial score (nSPS) is 17.6. The molecular formula is C21H27N3O. The third-order valence-corrected chi connectivity index (χ3v) is 5.05. The fraction of sp³-hybridized carbons (Fsp3) is 0.381. The molecule has 1 amide bonds. The van der Waals surface area contributed by atoms with Gasteiger partial charge in [0.1, 0.15) is 0 Å². The van der Waals surface area contributed by atoms with Crippen molar-refractivity contribution in [2.24, 2.45) is 5.92 Å². The summed E-state index contributed by atoms with van der Waals surface area (Å²) in [5, 5.41) is 3.05. The summed E-state index contributed by atoms with van der Waals surface area (Å²) in [6, 6.07) is 13.8. The number of nitrogens with one attached hydrogen (secondary N) is 1. The Balaban J connectivity index is 1.48. The van der Waals surface area contributed by atoms with E-state index >= 15 is 0 Å². The Hall–Kier alpha value is -2.33. The fourth-order valence-electron chi connectivity index (χ4n) is 3.40. The lowest BCUT2D eigenvalue weighted by atomic mass is 10.1. The summed E-state index contributed by atoms with van der Waals surface area (Å²) in [4.78, 5) is 14.7. The average Bonchev–Trinajstić information content (AvgIpc) is 3.03. The summed E-state index contributed by atoms with van der Waals surface area (Å²) in [5.41, 5.74) is 11.0. The highest BCUT2D eigenvalue weighted by atomic mass is 16.1. The van der Waals surface area contributed by atoms with Crippen molar-refractivity contribution in [2.45, 2.75) is 26.8 Å². The molecule has 1 saturated heterocycles. The molecule has 0 unspecified atom stereocenters. The van der Waals surface area contributed by atoms with Crippen LogP contribution in [0.4, 0.5) is 5.69 Å². The predicted octanol–water partition coefficient (Wildman–Crippen LogP) is 3.14. The maximum Gasteiger partial charge on any atom is 0.251 e. The lowest BCUT2D eigenvalue weighted by Gasteiger charge is -2.17. The molecule has 0 radical (unpaired) electrons. The van der Waals surface area contributed by atoms with Crippen LogP contribution in [0.2, 0.25) is 0 Å². The Kier molecular flexibility index (Phi) is 5.39. The lowest BCUT2D eigenvalue weighted by molar-refractivity contribution is 0.0947. The Morgan fingerprint density at radius 2 is 2.04 bits per heavy atom. The average molecular weight is 337 g/mol. The van der Waals surface area contributed by atoms with Gasteiger partial charge in [-0.25, -0.2) is 0 Å². The number of hydrogen-bond acceptors (Lipinski definition) is 3. The smallest absolute Gasteiger partial charge is 0.251 e. The molecule has 1 heterocycles. The standard InChI is InChI=1S/C21H27N3O/c1-15-6-7-17(10-16(15)2)13-24-9-8-18(14-24)12-23-21(25)19-4-3-5-20(22)11-19/h3-7,10-11,18H,8-9,12-14,22H2,1-2H3,(H,23,25)/t18-/m0/s1. The molecule has 3 rings (SSSR count). The molecule has 25 heavy (non-hydrogen) atoms. The van der Waals surface area contributed by atoms with Crippen molar-refractivity contribution in [1.29, 1.82) is 0 Å². The van der Waals surface area contributed by atoms with E-state index in [0.29, 0.717) is 17.2 Å². The van der Waals surface area contributed by atoms with Gasteiger partial charge in [0.15, 0.2) is 0 Å². The molecule has 2 aromatic rings. The Morgan fingerprint density at radius 3 is 2.80 bits per heavy atom. The van der Waals surface area contributed by atoms with E-state index in [2.05, 4.69) is 42.3 Å². The zero-order chi connectivity index (χ0) is 17.8. The Bertz CT molecular complexity index is 757. The number of nitrogens with two attached hydrogens (primary N) is 1. The minimum Gasteiger partial charge on any atom is -0.399 e. The number of likely N-dealkylation sites (tertiary alicyclic amines) is 1. The number of anilines is 1. The summed E-state index contributed by atoms with van der Waals surface area (Å²) in [7, 11) is 0. The van der Waals surface area contributed by atoms with Gasteiger partial charge in [0.05, 0.1) is 0 Å². The fourth-order valence-corrected chi connectivity index (χ4v) is 3.40. The van der Waals surface area contributed by atoms with E-state index in [9.17, 15) is 4.79 Å². The van der Waals surface area contributed by atoms with Gasteiger partial charge in [-0.2, -0.15) is 0 Å². The van der Waals surface area contributed by atoms with Crippen molar-refractivity contribution in [2.75, 3.05) is 25.4 Å². The van der Waals surface area contributed by atoms with Crippen molar-refractivity contribution >= 4 is 11.6 Å². The minimum absolute atomic E-state index is 0.0418. The number of nitrogen functional groups attached to an aromatic ring is 1.